The lowest BCUT2D eigenvalue weighted by Gasteiger charge is -2.34. The predicted octanol–water partition coefficient (Wildman–Crippen LogP) is 3.39. The molecular formula is C18H22N2O4S2. The van der Waals surface area contributed by atoms with Crippen molar-refractivity contribution in [2.45, 2.75) is 36.9 Å². The van der Waals surface area contributed by atoms with Crippen molar-refractivity contribution in [2.24, 2.45) is 0 Å². The summed E-state index contributed by atoms with van der Waals surface area (Å²) in [5, 5.41) is 2.70. The van der Waals surface area contributed by atoms with Crippen LogP contribution in [0.3, 0.4) is 0 Å². The molecule has 1 aromatic carbocycles. The summed E-state index contributed by atoms with van der Waals surface area (Å²) in [5.41, 5.74) is 1.23. The Morgan fingerprint density at radius 2 is 1.81 bits per heavy atom. The van der Waals surface area contributed by atoms with Gasteiger partial charge in [-0.25, -0.2) is 8.42 Å². The first-order valence-electron chi connectivity index (χ1n) is 8.44. The van der Waals surface area contributed by atoms with E-state index in [0.717, 1.165) is 4.88 Å². The smallest absolute Gasteiger partial charge is 0.274 e. The molecule has 0 radical (unpaired) electrons. The van der Waals surface area contributed by atoms with E-state index in [9.17, 15) is 13.2 Å². The van der Waals surface area contributed by atoms with Crippen molar-refractivity contribution in [3.05, 3.63) is 41.3 Å². The molecule has 0 aliphatic carbocycles. The fourth-order valence-electron chi connectivity index (χ4n) is 3.01. The first-order valence-corrected chi connectivity index (χ1v) is 10.7. The molecule has 1 saturated heterocycles. The van der Waals surface area contributed by atoms with Crippen LogP contribution in [0.15, 0.2) is 40.6 Å². The van der Waals surface area contributed by atoms with E-state index in [4.69, 9.17) is 4.74 Å². The van der Waals surface area contributed by atoms with Gasteiger partial charge in [-0.15, -0.1) is 11.3 Å². The molecule has 1 fully saturated rings. The molecule has 1 aromatic heterocycles. The second-order valence-corrected chi connectivity index (χ2v) is 9.57. The van der Waals surface area contributed by atoms with E-state index in [1.54, 1.807) is 30.3 Å². The topological polar surface area (TPSA) is 75.7 Å². The molecule has 6 nitrogen and oxygen atoms in total. The van der Waals surface area contributed by atoms with Gasteiger partial charge >= 0.3 is 0 Å². The molecule has 2 aromatic rings. The van der Waals surface area contributed by atoms with Gasteiger partial charge in [0.05, 0.1) is 5.69 Å². The summed E-state index contributed by atoms with van der Waals surface area (Å²) in [6.45, 7) is 4.42. The number of nitrogens with one attached hydrogen (secondary N) is 1. The van der Waals surface area contributed by atoms with E-state index in [1.807, 2.05) is 13.0 Å². The van der Waals surface area contributed by atoms with Gasteiger partial charge in [-0.1, -0.05) is 0 Å². The Balaban J connectivity index is 1.99. The van der Waals surface area contributed by atoms with Crippen molar-refractivity contribution >= 4 is 38.6 Å². The minimum atomic E-state index is -3.66. The maximum atomic E-state index is 13.3. The van der Waals surface area contributed by atoms with Gasteiger partial charge in [-0.2, -0.15) is 0 Å². The van der Waals surface area contributed by atoms with Crippen LogP contribution in [0.4, 0.5) is 11.4 Å². The van der Waals surface area contributed by atoms with Crippen LogP contribution < -0.4 is 9.62 Å². The van der Waals surface area contributed by atoms with Gasteiger partial charge in [0.1, 0.15) is 4.21 Å². The highest BCUT2D eigenvalue weighted by molar-refractivity contribution is 7.94. The van der Waals surface area contributed by atoms with Gasteiger partial charge in [0.2, 0.25) is 5.91 Å². The molecule has 0 bridgehead atoms. The van der Waals surface area contributed by atoms with Crippen LogP contribution >= 0.6 is 11.3 Å². The summed E-state index contributed by atoms with van der Waals surface area (Å²) < 4.78 is 33.9. The highest BCUT2D eigenvalue weighted by Crippen LogP contribution is 2.33. The Hall–Kier alpha value is -1.90. The fraction of sp³-hybridized carbons (Fsp3) is 0.389. The van der Waals surface area contributed by atoms with Crippen LogP contribution in [0.2, 0.25) is 0 Å². The van der Waals surface area contributed by atoms with E-state index in [1.165, 1.54) is 22.6 Å². The van der Waals surface area contributed by atoms with Crippen LogP contribution in [0.25, 0.3) is 0 Å². The van der Waals surface area contributed by atoms with Crippen molar-refractivity contribution in [1.82, 2.24) is 0 Å². The van der Waals surface area contributed by atoms with Crippen LogP contribution in [-0.2, 0) is 19.6 Å². The second kappa shape index (κ2) is 7.77. The number of ether oxygens (including phenoxy) is 1. The van der Waals surface area contributed by atoms with Crippen molar-refractivity contribution in [2.75, 3.05) is 22.8 Å². The number of carbonyl (C=O) groups excluding carboxylic acids is 1. The highest BCUT2D eigenvalue weighted by Gasteiger charge is 2.33. The lowest BCUT2D eigenvalue weighted by Crippen LogP contribution is -2.43. The third-order valence-corrected chi connectivity index (χ3v) is 7.54. The Bertz CT molecular complexity index is 869. The molecule has 1 N–H and O–H groups in total. The Morgan fingerprint density at radius 1 is 1.15 bits per heavy atom. The molecule has 0 atom stereocenters. The lowest BCUT2D eigenvalue weighted by atomic mass is 10.1. The first kappa shape index (κ1) is 18.9. The van der Waals surface area contributed by atoms with Crippen molar-refractivity contribution in [1.29, 1.82) is 0 Å². The van der Waals surface area contributed by atoms with E-state index in [0.29, 0.717) is 41.6 Å². The molecule has 1 aliphatic heterocycles. The zero-order valence-electron chi connectivity index (χ0n) is 14.8. The van der Waals surface area contributed by atoms with E-state index < -0.39 is 10.0 Å². The Labute approximate surface area is 157 Å². The average molecular weight is 395 g/mol. The molecule has 0 saturated carbocycles. The second-order valence-electron chi connectivity index (χ2n) is 6.24. The van der Waals surface area contributed by atoms with Crippen LogP contribution in [-0.4, -0.2) is 33.6 Å². The summed E-state index contributed by atoms with van der Waals surface area (Å²) in [5.74, 6) is -0.166. The quantitative estimate of drug-likeness (QED) is 0.843. The van der Waals surface area contributed by atoms with Gasteiger partial charge in [-0.3, -0.25) is 9.10 Å². The van der Waals surface area contributed by atoms with Gasteiger partial charge < -0.3 is 10.1 Å². The summed E-state index contributed by atoms with van der Waals surface area (Å²) >= 11 is 1.28. The lowest BCUT2D eigenvalue weighted by molar-refractivity contribution is -0.114. The van der Waals surface area contributed by atoms with Crippen molar-refractivity contribution in [3.8, 4) is 0 Å². The number of aryl methyl sites for hydroxylation is 1. The number of anilines is 2. The number of amides is 1. The maximum Gasteiger partial charge on any atom is 0.274 e. The molecule has 2 heterocycles. The van der Waals surface area contributed by atoms with Crippen LogP contribution in [0.5, 0.6) is 0 Å². The molecule has 0 spiro atoms. The van der Waals surface area contributed by atoms with Gasteiger partial charge in [0, 0.05) is 36.7 Å². The number of rotatable bonds is 5. The zero-order valence-corrected chi connectivity index (χ0v) is 16.4. The fourth-order valence-corrected chi connectivity index (χ4v) is 6.09. The van der Waals surface area contributed by atoms with E-state index in [-0.39, 0.29) is 11.9 Å². The Morgan fingerprint density at radius 3 is 2.35 bits per heavy atom. The number of thiophene rings is 1. The third-order valence-electron chi connectivity index (χ3n) is 4.19. The van der Waals surface area contributed by atoms with Gasteiger partial charge in [0.25, 0.3) is 10.0 Å². The summed E-state index contributed by atoms with van der Waals surface area (Å²) in [4.78, 5) is 12.2. The summed E-state index contributed by atoms with van der Waals surface area (Å²) in [7, 11) is -3.66. The minimum Gasteiger partial charge on any atom is -0.381 e. The monoisotopic (exact) mass is 394 g/mol. The first-order chi connectivity index (χ1) is 12.4. The Kier molecular flexibility index (Phi) is 5.64. The zero-order chi connectivity index (χ0) is 18.7. The van der Waals surface area contributed by atoms with Gasteiger partial charge in [0.15, 0.2) is 0 Å². The molecule has 140 valence electrons. The highest BCUT2D eigenvalue weighted by atomic mass is 32.2. The number of hydrogen-bond donors (Lipinski definition) is 1. The largest absolute Gasteiger partial charge is 0.381 e. The van der Waals surface area contributed by atoms with E-state index >= 15 is 0 Å². The van der Waals surface area contributed by atoms with E-state index in [2.05, 4.69) is 5.32 Å². The molecule has 0 unspecified atom stereocenters. The van der Waals surface area contributed by atoms with Gasteiger partial charge in [-0.05, 0) is 56.2 Å². The normalized spacial score (nSPS) is 15.6. The SMILES string of the molecule is CC(=O)Nc1ccc(N(C2CCOCC2)S(=O)(=O)c2ccc(C)s2)cc1. The van der Waals surface area contributed by atoms with Crippen molar-refractivity contribution in [3.63, 3.8) is 0 Å². The van der Waals surface area contributed by atoms with Crippen LogP contribution in [0.1, 0.15) is 24.6 Å². The molecule has 1 amide bonds. The minimum absolute atomic E-state index is 0.150. The molecular weight excluding hydrogens is 372 g/mol. The predicted molar refractivity (Wildman–Crippen MR) is 103 cm³/mol. The molecule has 1 aliphatic rings. The summed E-state index contributed by atoms with van der Waals surface area (Å²) in [6, 6.07) is 10.2. The molecule has 8 heteroatoms. The maximum absolute atomic E-state index is 13.3. The summed E-state index contributed by atoms with van der Waals surface area (Å²) in [6.07, 6.45) is 1.30. The van der Waals surface area contributed by atoms with Crippen LogP contribution in [0, 0.1) is 6.92 Å². The standard InChI is InChI=1S/C18H22N2O4S2/c1-13-3-8-18(25-13)26(22,23)20(17-9-11-24-12-10-17)16-6-4-15(5-7-16)19-14(2)21/h3-8,17H,9-12H2,1-2H3,(H,19,21). The number of carbonyl (C=O) groups is 1. The third kappa shape index (κ3) is 4.08. The van der Waals surface area contributed by atoms with Crippen molar-refractivity contribution < 1.29 is 17.9 Å². The number of sulfonamides is 1. The number of nitrogens with zero attached hydrogens (tertiary/aromatic N) is 1. The number of benzene rings is 1. The molecule has 3 rings (SSSR count). The molecule has 26 heavy (non-hydrogen) atoms. The average Bonchev–Trinajstić information content (AvgIpc) is 3.04. The number of hydrogen-bond acceptors (Lipinski definition) is 5.